The fourth-order valence-corrected chi connectivity index (χ4v) is 12.7. The molecule has 0 aliphatic heterocycles. The Balaban J connectivity index is 0.000000200. The van der Waals surface area contributed by atoms with E-state index in [1.54, 1.807) is 84.1 Å². The minimum atomic E-state index is -1.42. The lowest BCUT2D eigenvalue weighted by Crippen LogP contribution is -2.10. The second-order valence-corrected chi connectivity index (χ2v) is 31.3. The van der Waals surface area contributed by atoms with Crippen molar-refractivity contribution >= 4 is 238 Å². The van der Waals surface area contributed by atoms with Crippen LogP contribution in [0, 0.1) is 58.4 Å². The average Bonchev–Trinajstić information content (AvgIpc) is 0.807. The average molecular weight is 2280 g/mol. The smallest absolute Gasteiger partial charge is 0.358 e. The number of carbonyl (C=O) groups excluding carboxylic acids is 3. The van der Waals surface area contributed by atoms with Gasteiger partial charge in [-0.05, 0) is 197 Å². The van der Waals surface area contributed by atoms with E-state index in [9.17, 15) is 59.5 Å². The van der Waals surface area contributed by atoms with Crippen LogP contribution in [-0.4, -0.2) is 114 Å². The first-order valence-corrected chi connectivity index (χ1v) is 39.9. The Kier molecular flexibility index (Phi) is 35.1. The largest absolute Gasteiger partial charge is 0.491 e. The molecule has 6 aromatic carbocycles. The molecule has 121 heavy (non-hydrogen) atoms. The van der Waals surface area contributed by atoms with Crippen LogP contribution in [0.15, 0.2) is 147 Å². The van der Waals surface area contributed by atoms with Gasteiger partial charge in [0.05, 0.1) is 112 Å². The number of rotatable bonds is 14. The summed E-state index contributed by atoms with van der Waals surface area (Å²) >= 11 is 38.7. The minimum Gasteiger partial charge on any atom is -0.491 e. The Labute approximate surface area is 766 Å². The first-order chi connectivity index (χ1) is 57.0. The summed E-state index contributed by atoms with van der Waals surface area (Å²) < 4.78 is 119. The Hall–Kier alpha value is -10.4. The molecule has 628 valence electrons. The van der Waals surface area contributed by atoms with Crippen LogP contribution < -0.4 is 39.1 Å². The number of nitrogens with two attached hydrogens (primary N) is 6. The van der Waals surface area contributed by atoms with Gasteiger partial charge >= 0.3 is 35.8 Å². The van der Waals surface area contributed by atoms with E-state index < -0.39 is 82.2 Å². The van der Waals surface area contributed by atoms with E-state index in [1.807, 2.05) is 24.3 Å². The molecule has 6 heterocycles. The molecule has 26 nitrogen and oxygen atoms in total. The summed E-state index contributed by atoms with van der Waals surface area (Å²) in [5.41, 5.74) is 35.4. The summed E-state index contributed by atoms with van der Waals surface area (Å²) in [4.78, 5) is 95.5. The molecule has 0 spiro atoms. The Morgan fingerprint density at radius 1 is 0.430 bits per heavy atom. The quantitative estimate of drug-likeness (QED) is 0.0122. The highest BCUT2D eigenvalue weighted by Crippen LogP contribution is 2.39. The number of methoxy groups -OCH3 is 4. The molecule has 0 atom stereocenters. The van der Waals surface area contributed by atoms with Crippen molar-refractivity contribution in [3.8, 4) is 73.4 Å². The maximum absolute atomic E-state index is 14.2. The van der Waals surface area contributed by atoms with Crippen molar-refractivity contribution in [2.75, 3.05) is 62.8 Å². The van der Waals surface area contributed by atoms with Crippen molar-refractivity contribution in [1.29, 1.82) is 0 Å². The van der Waals surface area contributed by atoms with Gasteiger partial charge in [-0.3, -0.25) is 0 Å². The van der Waals surface area contributed by atoms with Crippen LogP contribution in [0.5, 0.6) is 5.75 Å². The van der Waals surface area contributed by atoms with E-state index in [1.165, 1.54) is 63.8 Å². The molecular formula is C78H54Br3Cl4F7I3N13O13. The maximum Gasteiger partial charge on any atom is 0.358 e. The van der Waals surface area contributed by atoms with Gasteiger partial charge in [0.2, 0.25) is 0 Å². The number of nitrogens with zero attached hydrogens (tertiary/aromatic N) is 7. The van der Waals surface area contributed by atoms with E-state index >= 15 is 0 Å². The number of aromatic nitrogens is 7. The number of esters is 3. The molecule has 0 bridgehead atoms. The summed E-state index contributed by atoms with van der Waals surface area (Å²) in [6.45, 7) is 5.20. The maximum atomic E-state index is 14.2. The summed E-state index contributed by atoms with van der Waals surface area (Å²) in [6, 6.07) is 32.8. The van der Waals surface area contributed by atoms with E-state index in [-0.39, 0.29) is 136 Å². The highest BCUT2D eigenvalue weighted by molar-refractivity contribution is 14.1. The number of carbonyl (C=O) groups is 6. The minimum absolute atomic E-state index is 0.00444. The molecule has 0 saturated heterocycles. The molecule has 0 amide bonds. The van der Waals surface area contributed by atoms with Gasteiger partial charge in [-0.25, -0.2) is 94.4 Å². The zero-order chi connectivity index (χ0) is 90.2. The highest BCUT2D eigenvalue weighted by Gasteiger charge is 2.28. The number of benzene rings is 6. The van der Waals surface area contributed by atoms with Crippen LogP contribution >= 0.6 is 162 Å². The van der Waals surface area contributed by atoms with Gasteiger partial charge in [0.15, 0.2) is 74.8 Å². The number of ether oxygens (including phenoxy) is 4. The number of carboxylic acid groups (broad SMARTS) is 3. The second kappa shape index (κ2) is 43.4. The third-order valence-corrected chi connectivity index (χ3v) is 21.5. The Bertz CT molecular complexity index is 6100. The summed E-state index contributed by atoms with van der Waals surface area (Å²) in [5, 5.41) is 26.9. The number of hydrogen-bond acceptors (Lipinski definition) is 23. The zero-order valence-electron chi connectivity index (χ0n) is 61.9. The van der Waals surface area contributed by atoms with Gasteiger partial charge in [-0.1, -0.05) is 117 Å². The predicted octanol–water partition coefficient (Wildman–Crippen LogP) is 20.5. The number of aromatic carboxylic acids is 3. The van der Waals surface area contributed by atoms with Crippen LogP contribution in [0.25, 0.3) is 73.8 Å². The predicted molar refractivity (Wildman–Crippen MR) is 480 cm³/mol. The molecule has 0 radical (unpaired) electrons. The number of anilines is 6. The van der Waals surface area contributed by atoms with Gasteiger partial charge in [-0.2, -0.15) is 0 Å². The fraction of sp³-hybridized carbons (Fsp3) is 0.0641. The summed E-state index contributed by atoms with van der Waals surface area (Å²) in [5.74, 6) is -12.7. The molecule has 12 aromatic rings. The molecule has 0 saturated carbocycles. The topological polar surface area (TPSA) is 446 Å². The third kappa shape index (κ3) is 23.7. The first kappa shape index (κ1) is 97.7. The van der Waals surface area contributed by atoms with Gasteiger partial charge in [0.25, 0.3) is 0 Å². The van der Waals surface area contributed by atoms with Crippen LogP contribution in [-0.2, 0) is 14.2 Å². The molecule has 6 aromatic heterocycles. The number of nitrogen functional groups attached to an aromatic ring is 6. The molecular weight excluding hydrogens is 2220 g/mol. The first-order valence-electron chi connectivity index (χ1n) is 32.8. The van der Waals surface area contributed by atoms with E-state index in [4.69, 9.17) is 101 Å². The number of carboxylic acids is 3. The lowest BCUT2D eigenvalue weighted by molar-refractivity contribution is 0.0585. The zero-order valence-corrected chi connectivity index (χ0v) is 76.1. The summed E-state index contributed by atoms with van der Waals surface area (Å²) in [6.07, 6.45) is 1.18. The van der Waals surface area contributed by atoms with E-state index in [2.05, 4.69) is 149 Å². The molecule has 0 fully saturated rings. The van der Waals surface area contributed by atoms with Gasteiger partial charge in [0, 0.05) is 45.0 Å². The van der Waals surface area contributed by atoms with E-state index in [0.717, 1.165) is 36.4 Å². The normalized spacial score (nSPS) is 10.4. The van der Waals surface area contributed by atoms with Crippen molar-refractivity contribution in [3.63, 3.8) is 0 Å². The monoisotopic (exact) mass is 2270 g/mol. The molecule has 0 unspecified atom stereocenters. The molecule has 0 aliphatic rings. The third-order valence-electron chi connectivity index (χ3n) is 15.9. The van der Waals surface area contributed by atoms with Gasteiger partial charge in [0.1, 0.15) is 28.8 Å². The van der Waals surface area contributed by atoms with Crippen molar-refractivity contribution in [2.45, 2.75) is 6.92 Å². The lowest BCUT2D eigenvalue weighted by atomic mass is 10.0. The van der Waals surface area contributed by atoms with Crippen molar-refractivity contribution < 1.29 is 93.8 Å². The number of pyridine rings is 5. The molecule has 12 rings (SSSR count). The molecule has 0 aliphatic carbocycles. The fourth-order valence-electron chi connectivity index (χ4n) is 9.91. The van der Waals surface area contributed by atoms with Crippen LogP contribution in [0.4, 0.5) is 65.0 Å². The number of hydrogen-bond donors (Lipinski definition) is 9. The van der Waals surface area contributed by atoms with Gasteiger partial charge < -0.3 is 68.7 Å². The summed E-state index contributed by atoms with van der Waals surface area (Å²) in [7, 11) is 4.74. The molecule has 43 heteroatoms. The Morgan fingerprint density at radius 2 is 0.860 bits per heavy atom. The SMILES string of the molecule is C=Cc1c(C(=O)O)nc(-c2ccc(Br)cc2)c(F)c1N.COC(=O)c1nc(-c2ccc(Br)c(F)c2)cc(N)c1Cl.COC(=O)c1nc(-c2ccc(Br)c(F)c2F)cc(N)c1Cl.COC(=O)c1nc(-c2ccc(I)cc2)c(F)c(N)c1Cl.COc1c(N)nc(-c2cc(F)c(I)cc2F)nc1C(=O)O.Cc1c(-c2ccc(I)cc2)nc(C(=O)O)c(Cl)c1N. The van der Waals surface area contributed by atoms with Crippen molar-refractivity contribution in [2.24, 2.45) is 0 Å². The highest BCUT2D eigenvalue weighted by atomic mass is 127. The number of halogens is 17. The van der Waals surface area contributed by atoms with Crippen LogP contribution in [0.2, 0.25) is 20.1 Å². The standard InChI is InChI=1S/C14H10BrFN2O2.C13H8BrClF2N2O2.C13H9BrClFN2O2.C13H9ClFIN2O2.C13H10ClIN2O2.C12H8F2IN3O3/c1-2-9-11(17)10(16)12(18-13(9)14(19)20)7-3-5-8(15)6-4-7;1-21-13(20)12-9(15)7(18)4-8(19-12)5-2-3-6(14)11(17)10(5)16;1-20-13(19)12-11(15)9(17)5-10(18-12)6-2-3-7(14)8(16)4-6;1-20-13(19)12-8(14)10(17)9(15)11(18-12)6-2-4-7(16)5-3-6;1-6-10(16)9(14)12(13(18)19)17-11(6)7-2-4-8(15)5-3-7;1-21-9-8(12(19)20)17-11(18-10(9)16)4-2-6(14)7(15)3-5(4)13/h2-6H,1H2,(H2,17,18)(H,19,20);2-4H,1H3,(H2,18,19);2*2-5H,1H3,(H2,17,18);2-5H,1H3,(H2,16,17)(H,18,19);2-3H,1H3,(H,19,20)(H2,16,17,18). The van der Waals surface area contributed by atoms with Crippen LogP contribution in [0.3, 0.4) is 0 Å². The van der Waals surface area contributed by atoms with Crippen molar-refractivity contribution in [1.82, 2.24) is 34.9 Å². The Morgan fingerprint density at radius 3 is 1.34 bits per heavy atom. The second-order valence-electron chi connectivity index (χ2n) is 23.5. The van der Waals surface area contributed by atoms with E-state index in [0.29, 0.717) is 38.1 Å². The molecule has 15 N–H and O–H groups in total. The van der Waals surface area contributed by atoms with Gasteiger partial charge in [-0.15, -0.1) is 0 Å². The van der Waals surface area contributed by atoms with Crippen molar-refractivity contribution in [3.05, 3.63) is 264 Å². The lowest BCUT2D eigenvalue weighted by Gasteiger charge is -2.11. The van der Waals surface area contributed by atoms with Crippen LogP contribution in [0.1, 0.15) is 74.1 Å².